The van der Waals surface area contributed by atoms with Crippen LogP contribution in [0.4, 0.5) is 11.5 Å². The van der Waals surface area contributed by atoms with Crippen molar-refractivity contribution in [1.82, 2.24) is 4.98 Å². The van der Waals surface area contributed by atoms with E-state index in [0.717, 1.165) is 22.6 Å². The highest BCUT2D eigenvalue weighted by atomic mass is 79.9. The van der Waals surface area contributed by atoms with Gasteiger partial charge in [0.15, 0.2) is 0 Å². The predicted molar refractivity (Wildman–Crippen MR) is 82.0 cm³/mol. The molecule has 5 heteroatoms. The number of hydrogen-bond acceptors (Lipinski definition) is 4. The highest BCUT2D eigenvalue weighted by Gasteiger charge is 2.01. The molecule has 2 rings (SSSR count). The number of nitrogens with zero attached hydrogens (tertiary/aromatic N) is 1. The average molecular weight is 324 g/mol. The monoisotopic (exact) mass is 323 g/mol. The van der Waals surface area contributed by atoms with Crippen LogP contribution in [-0.4, -0.2) is 17.3 Å². The van der Waals surface area contributed by atoms with Gasteiger partial charge >= 0.3 is 0 Å². The van der Waals surface area contributed by atoms with Gasteiger partial charge in [0.25, 0.3) is 0 Å². The molecule has 0 unspecified atom stereocenters. The Bertz CT molecular complexity index is 505. The first-order chi connectivity index (χ1) is 8.75. The molecule has 0 aliphatic heterocycles. The highest BCUT2D eigenvalue weighted by molar-refractivity contribution is 9.10. The number of benzene rings is 1. The van der Waals surface area contributed by atoms with Crippen LogP contribution in [0.15, 0.2) is 52.0 Å². The van der Waals surface area contributed by atoms with Crippen molar-refractivity contribution >= 4 is 39.2 Å². The Hall–Kier alpha value is -1.20. The second-order valence-corrected chi connectivity index (χ2v) is 5.71. The molecule has 18 heavy (non-hydrogen) atoms. The SMILES string of the molecule is Nc1cnc(NCCSc2ccccc2)c(Br)c1. The van der Waals surface area contributed by atoms with E-state index in [0.29, 0.717) is 5.69 Å². The summed E-state index contributed by atoms with van der Waals surface area (Å²) in [5.41, 5.74) is 6.29. The number of nitrogen functional groups attached to an aromatic ring is 1. The summed E-state index contributed by atoms with van der Waals surface area (Å²) in [6, 6.07) is 12.2. The third kappa shape index (κ3) is 3.92. The normalized spacial score (nSPS) is 10.3. The largest absolute Gasteiger partial charge is 0.397 e. The Kier molecular flexibility index (Phi) is 4.90. The summed E-state index contributed by atoms with van der Waals surface area (Å²) in [7, 11) is 0. The van der Waals surface area contributed by atoms with Gasteiger partial charge < -0.3 is 11.1 Å². The standard InChI is InChI=1S/C13H14BrN3S/c14-12-8-10(15)9-17-13(12)16-6-7-18-11-4-2-1-3-5-11/h1-5,8-9H,6-7,15H2,(H,16,17). The van der Waals surface area contributed by atoms with Crippen LogP contribution in [0.1, 0.15) is 0 Å². The molecular weight excluding hydrogens is 310 g/mol. The van der Waals surface area contributed by atoms with Crippen LogP contribution in [0.2, 0.25) is 0 Å². The molecular formula is C13H14BrN3S. The lowest BCUT2D eigenvalue weighted by molar-refractivity contribution is 1.16. The average Bonchev–Trinajstić information content (AvgIpc) is 2.38. The van der Waals surface area contributed by atoms with Crippen molar-refractivity contribution in [3.05, 3.63) is 47.1 Å². The summed E-state index contributed by atoms with van der Waals surface area (Å²) in [6.45, 7) is 0.856. The van der Waals surface area contributed by atoms with E-state index in [1.807, 2.05) is 36.0 Å². The summed E-state index contributed by atoms with van der Waals surface area (Å²) >= 11 is 5.25. The Morgan fingerprint density at radius 1 is 1.28 bits per heavy atom. The number of pyridine rings is 1. The Morgan fingerprint density at radius 3 is 2.78 bits per heavy atom. The molecule has 0 amide bonds. The van der Waals surface area contributed by atoms with Crippen molar-refractivity contribution in [2.45, 2.75) is 4.90 Å². The minimum atomic E-state index is 0.658. The minimum Gasteiger partial charge on any atom is -0.397 e. The predicted octanol–water partition coefficient (Wildman–Crippen LogP) is 3.63. The van der Waals surface area contributed by atoms with Crippen molar-refractivity contribution in [2.75, 3.05) is 23.3 Å². The van der Waals surface area contributed by atoms with Crippen molar-refractivity contribution in [3.8, 4) is 0 Å². The molecule has 3 nitrogen and oxygen atoms in total. The second-order valence-electron chi connectivity index (χ2n) is 3.69. The second kappa shape index (κ2) is 6.66. The van der Waals surface area contributed by atoms with Crippen LogP contribution in [0.5, 0.6) is 0 Å². The van der Waals surface area contributed by atoms with Gasteiger partial charge in [-0.1, -0.05) is 18.2 Å². The smallest absolute Gasteiger partial charge is 0.140 e. The molecule has 0 spiro atoms. The van der Waals surface area contributed by atoms with Crippen LogP contribution < -0.4 is 11.1 Å². The molecule has 0 atom stereocenters. The van der Waals surface area contributed by atoms with Crippen LogP contribution in [0, 0.1) is 0 Å². The summed E-state index contributed by atoms with van der Waals surface area (Å²) in [5.74, 6) is 1.82. The lowest BCUT2D eigenvalue weighted by Crippen LogP contribution is -2.06. The van der Waals surface area contributed by atoms with Gasteiger partial charge in [-0.05, 0) is 34.1 Å². The van der Waals surface area contributed by atoms with E-state index in [2.05, 4.69) is 38.4 Å². The molecule has 2 aromatic rings. The molecule has 0 fully saturated rings. The lowest BCUT2D eigenvalue weighted by atomic mass is 10.4. The van der Waals surface area contributed by atoms with Crippen molar-refractivity contribution in [2.24, 2.45) is 0 Å². The van der Waals surface area contributed by atoms with E-state index in [1.54, 1.807) is 6.20 Å². The fourth-order valence-electron chi connectivity index (χ4n) is 1.44. The first-order valence-corrected chi connectivity index (χ1v) is 7.36. The molecule has 0 aliphatic carbocycles. The van der Waals surface area contributed by atoms with E-state index in [1.165, 1.54) is 4.90 Å². The van der Waals surface area contributed by atoms with Gasteiger partial charge in [-0.3, -0.25) is 0 Å². The zero-order valence-corrected chi connectivity index (χ0v) is 12.2. The summed E-state index contributed by atoms with van der Waals surface area (Å²) in [6.07, 6.45) is 1.65. The van der Waals surface area contributed by atoms with Gasteiger partial charge in [-0.2, -0.15) is 0 Å². The number of nitrogens with one attached hydrogen (secondary N) is 1. The molecule has 1 heterocycles. The maximum Gasteiger partial charge on any atom is 0.140 e. The van der Waals surface area contributed by atoms with E-state index < -0.39 is 0 Å². The van der Waals surface area contributed by atoms with Gasteiger partial charge in [0.2, 0.25) is 0 Å². The Balaban J connectivity index is 1.79. The lowest BCUT2D eigenvalue weighted by Gasteiger charge is -2.07. The van der Waals surface area contributed by atoms with Crippen LogP contribution in [-0.2, 0) is 0 Å². The number of nitrogens with two attached hydrogens (primary N) is 1. The minimum absolute atomic E-state index is 0.658. The highest BCUT2D eigenvalue weighted by Crippen LogP contribution is 2.22. The van der Waals surface area contributed by atoms with Gasteiger partial charge in [0.1, 0.15) is 5.82 Å². The number of aromatic nitrogens is 1. The Labute approximate surface area is 119 Å². The van der Waals surface area contributed by atoms with Crippen molar-refractivity contribution < 1.29 is 0 Å². The Morgan fingerprint density at radius 2 is 2.06 bits per heavy atom. The first-order valence-electron chi connectivity index (χ1n) is 5.58. The summed E-state index contributed by atoms with van der Waals surface area (Å²) in [4.78, 5) is 5.51. The van der Waals surface area contributed by atoms with Gasteiger partial charge in [0, 0.05) is 17.2 Å². The van der Waals surface area contributed by atoms with E-state index >= 15 is 0 Å². The third-order valence-corrected chi connectivity index (χ3v) is 3.89. The van der Waals surface area contributed by atoms with E-state index in [9.17, 15) is 0 Å². The fraction of sp³-hybridized carbons (Fsp3) is 0.154. The molecule has 0 saturated carbocycles. The summed E-state index contributed by atoms with van der Waals surface area (Å²) in [5, 5.41) is 3.28. The number of anilines is 2. The van der Waals surface area contributed by atoms with E-state index in [4.69, 9.17) is 5.73 Å². The van der Waals surface area contributed by atoms with Crippen LogP contribution in [0.25, 0.3) is 0 Å². The number of thioether (sulfide) groups is 1. The third-order valence-electron chi connectivity index (χ3n) is 2.27. The topological polar surface area (TPSA) is 50.9 Å². The first kappa shape index (κ1) is 13.2. The molecule has 1 aromatic heterocycles. The quantitative estimate of drug-likeness (QED) is 0.651. The van der Waals surface area contributed by atoms with Gasteiger partial charge in [0.05, 0.1) is 16.4 Å². The molecule has 0 radical (unpaired) electrons. The molecule has 94 valence electrons. The summed E-state index contributed by atoms with van der Waals surface area (Å²) < 4.78 is 0.896. The number of hydrogen-bond donors (Lipinski definition) is 2. The molecule has 0 aliphatic rings. The zero-order valence-electron chi connectivity index (χ0n) is 9.77. The van der Waals surface area contributed by atoms with Crippen molar-refractivity contribution in [3.63, 3.8) is 0 Å². The molecule has 1 aromatic carbocycles. The number of halogens is 1. The molecule has 0 bridgehead atoms. The van der Waals surface area contributed by atoms with Crippen LogP contribution in [0.3, 0.4) is 0 Å². The van der Waals surface area contributed by atoms with Gasteiger partial charge in [-0.25, -0.2) is 4.98 Å². The maximum atomic E-state index is 5.63. The van der Waals surface area contributed by atoms with Crippen LogP contribution >= 0.6 is 27.7 Å². The molecule has 0 saturated heterocycles. The molecule has 3 N–H and O–H groups in total. The van der Waals surface area contributed by atoms with Gasteiger partial charge in [-0.15, -0.1) is 11.8 Å². The zero-order chi connectivity index (χ0) is 12.8. The maximum absolute atomic E-state index is 5.63. The van der Waals surface area contributed by atoms with Crippen molar-refractivity contribution in [1.29, 1.82) is 0 Å². The van der Waals surface area contributed by atoms with E-state index in [-0.39, 0.29) is 0 Å². The fourth-order valence-corrected chi connectivity index (χ4v) is 2.73. The number of rotatable bonds is 5.